The number of nitrogens with zero attached hydrogens (tertiary/aromatic N) is 2. The number of hydrogen-bond acceptors (Lipinski definition) is 2. The van der Waals surface area contributed by atoms with Crippen LogP contribution in [0.5, 0.6) is 0 Å². The molecule has 0 spiro atoms. The van der Waals surface area contributed by atoms with E-state index in [0.717, 1.165) is 28.6 Å². The molecule has 2 N–H and O–H groups in total. The molecule has 0 radical (unpaired) electrons. The van der Waals surface area contributed by atoms with Crippen LogP contribution >= 0.6 is 12.2 Å². The minimum Gasteiger partial charge on any atom is -0.362 e. The Morgan fingerprint density at radius 2 is 1.89 bits per heavy atom. The molecule has 1 aliphatic rings. The first-order valence-electron chi connectivity index (χ1n) is 9.34. The van der Waals surface area contributed by atoms with Crippen molar-refractivity contribution >= 4 is 23.0 Å². The van der Waals surface area contributed by atoms with Crippen molar-refractivity contribution in [3.8, 4) is 0 Å². The fourth-order valence-electron chi connectivity index (χ4n) is 3.89. The molecule has 1 aliphatic heterocycles. The summed E-state index contributed by atoms with van der Waals surface area (Å²) in [6.45, 7) is 6.38. The average Bonchev–Trinajstić information content (AvgIpc) is 3.20. The molecule has 3 aromatic rings. The molecule has 1 fully saturated rings. The summed E-state index contributed by atoms with van der Waals surface area (Å²) in [6.07, 6.45) is 2.87. The molecule has 2 atom stereocenters. The summed E-state index contributed by atoms with van der Waals surface area (Å²) in [5.41, 5.74) is 6.99. The highest BCUT2D eigenvalue weighted by Gasteiger charge is 2.41. The molecular weight excluding hydrogens is 352 g/mol. The number of nitrogens with one attached hydrogen (secondary N) is 2. The van der Waals surface area contributed by atoms with E-state index < -0.39 is 0 Å². The molecule has 27 heavy (non-hydrogen) atoms. The molecule has 3 heterocycles. The molecule has 0 saturated carbocycles. The van der Waals surface area contributed by atoms with Gasteiger partial charge in [-0.25, -0.2) is 0 Å². The Labute approximate surface area is 165 Å². The van der Waals surface area contributed by atoms with Gasteiger partial charge in [0.05, 0.1) is 17.8 Å². The van der Waals surface area contributed by atoms with Crippen LogP contribution in [0.25, 0.3) is 0 Å². The van der Waals surface area contributed by atoms with Crippen LogP contribution in [0.2, 0.25) is 0 Å². The van der Waals surface area contributed by atoms with Crippen LogP contribution in [0.1, 0.15) is 47.2 Å². The topological polar surface area (TPSA) is 44.0 Å². The average molecular weight is 377 g/mol. The SMILES string of the molecule is CCc1ccc(N2C(=S)N[C@@H](c3ccccn3)[C@@H]2c2cc(C)[nH]c2C)cc1. The normalized spacial score (nSPS) is 19.4. The summed E-state index contributed by atoms with van der Waals surface area (Å²) in [7, 11) is 0. The van der Waals surface area contributed by atoms with Gasteiger partial charge in [0.2, 0.25) is 0 Å². The molecule has 4 nitrogen and oxygen atoms in total. The number of aromatic amines is 1. The minimum absolute atomic E-state index is 0.00143. The Hall–Kier alpha value is -2.66. The standard InChI is InChI=1S/C22H24N4S/c1-4-16-8-10-17(11-9-16)26-21(18-13-14(2)24-15(18)3)20(25-22(26)27)19-7-5-6-12-23-19/h5-13,20-21,24H,4H2,1-3H3,(H,25,27)/t20-,21-/m0/s1. The maximum Gasteiger partial charge on any atom is 0.174 e. The van der Waals surface area contributed by atoms with Gasteiger partial charge in [-0.15, -0.1) is 0 Å². The summed E-state index contributed by atoms with van der Waals surface area (Å²) in [5, 5.41) is 4.25. The molecule has 0 bridgehead atoms. The van der Waals surface area contributed by atoms with Crippen molar-refractivity contribution in [2.75, 3.05) is 4.90 Å². The highest BCUT2D eigenvalue weighted by molar-refractivity contribution is 7.80. The zero-order valence-electron chi connectivity index (χ0n) is 15.9. The summed E-state index contributed by atoms with van der Waals surface area (Å²) >= 11 is 5.76. The van der Waals surface area contributed by atoms with E-state index in [2.05, 4.69) is 77.4 Å². The van der Waals surface area contributed by atoms with E-state index in [9.17, 15) is 0 Å². The van der Waals surface area contributed by atoms with Crippen molar-refractivity contribution < 1.29 is 0 Å². The third-order valence-corrected chi connectivity index (χ3v) is 5.54. The fraction of sp³-hybridized carbons (Fsp3) is 0.273. The summed E-state index contributed by atoms with van der Waals surface area (Å²) in [4.78, 5) is 10.3. The van der Waals surface area contributed by atoms with Gasteiger partial charge in [0.15, 0.2) is 5.11 Å². The second kappa shape index (κ2) is 7.16. The molecule has 138 valence electrons. The molecule has 0 aliphatic carbocycles. The first-order valence-corrected chi connectivity index (χ1v) is 9.75. The molecule has 1 aromatic carbocycles. The molecular formula is C22H24N4S. The zero-order chi connectivity index (χ0) is 19.0. The van der Waals surface area contributed by atoms with Crippen LogP contribution < -0.4 is 10.2 Å². The van der Waals surface area contributed by atoms with Gasteiger partial charge in [-0.3, -0.25) is 4.98 Å². The van der Waals surface area contributed by atoms with E-state index >= 15 is 0 Å². The number of hydrogen-bond donors (Lipinski definition) is 2. The van der Waals surface area contributed by atoms with E-state index in [1.54, 1.807) is 0 Å². The lowest BCUT2D eigenvalue weighted by Crippen LogP contribution is -2.29. The number of aryl methyl sites for hydroxylation is 3. The molecule has 2 aromatic heterocycles. The number of anilines is 1. The predicted octanol–water partition coefficient (Wildman–Crippen LogP) is 4.77. The summed E-state index contributed by atoms with van der Waals surface area (Å²) < 4.78 is 0. The lowest BCUT2D eigenvalue weighted by atomic mass is 9.96. The Bertz CT molecular complexity index is 946. The number of benzene rings is 1. The van der Waals surface area contributed by atoms with Crippen LogP contribution in [-0.2, 0) is 6.42 Å². The van der Waals surface area contributed by atoms with Gasteiger partial charge >= 0.3 is 0 Å². The third-order valence-electron chi connectivity index (χ3n) is 5.23. The van der Waals surface area contributed by atoms with Gasteiger partial charge in [-0.2, -0.15) is 0 Å². The monoisotopic (exact) mass is 376 g/mol. The second-order valence-electron chi connectivity index (χ2n) is 7.05. The van der Waals surface area contributed by atoms with Crippen molar-refractivity contribution in [1.82, 2.24) is 15.3 Å². The number of thiocarbonyl (C=S) groups is 1. The first-order chi connectivity index (χ1) is 13.1. The van der Waals surface area contributed by atoms with Gasteiger partial charge in [-0.05, 0) is 73.9 Å². The van der Waals surface area contributed by atoms with E-state index in [1.165, 1.54) is 16.8 Å². The Balaban J connectivity index is 1.83. The summed E-state index contributed by atoms with van der Waals surface area (Å²) in [6, 6.07) is 17.0. The largest absolute Gasteiger partial charge is 0.362 e. The van der Waals surface area contributed by atoms with Crippen molar-refractivity contribution in [3.05, 3.63) is 82.9 Å². The lowest BCUT2D eigenvalue weighted by Gasteiger charge is -2.28. The smallest absolute Gasteiger partial charge is 0.174 e. The van der Waals surface area contributed by atoms with E-state index in [4.69, 9.17) is 12.2 Å². The maximum absolute atomic E-state index is 5.76. The zero-order valence-corrected chi connectivity index (χ0v) is 16.7. The van der Waals surface area contributed by atoms with Gasteiger partial charge in [0, 0.05) is 23.3 Å². The van der Waals surface area contributed by atoms with Crippen molar-refractivity contribution in [2.24, 2.45) is 0 Å². The fourth-order valence-corrected chi connectivity index (χ4v) is 4.24. The maximum atomic E-state index is 5.76. The molecule has 0 amide bonds. The van der Waals surface area contributed by atoms with Crippen molar-refractivity contribution in [2.45, 2.75) is 39.3 Å². The van der Waals surface area contributed by atoms with E-state index in [-0.39, 0.29) is 12.1 Å². The second-order valence-corrected chi connectivity index (χ2v) is 7.44. The molecule has 4 rings (SSSR count). The van der Waals surface area contributed by atoms with Crippen LogP contribution in [0.4, 0.5) is 5.69 Å². The molecule has 0 unspecified atom stereocenters. The van der Waals surface area contributed by atoms with Gasteiger partial charge < -0.3 is 15.2 Å². The Kier molecular flexibility index (Phi) is 4.70. The molecule has 5 heteroatoms. The first kappa shape index (κ1) is 17.7. The van der Waals surface area contributed by atoms with E-state index in [0.29, 0.717) is 0 Å². The third kappa shape index (κ3) is 3.23. The number of rotatable bonds is 4. The van der Waals surface area contributed by atoms with Crippen LogP contribution in [0.15, 0.2) is 54.7 Å². The molecule has 1 saturated heterocycles. The predicted molar refractivity (Wildman–Crippen MR) is 114 cm³/mol. The Morgan fingerprint density at radius 1 is 1.11 bits per heavy atom. The number of pyridine rings is 1. The minimum atomic E-state index is -0.00143. The highest BCUT2D eigenvalue weighted by Crippen LogP contribution is 2.42. The van der Waals surface area contributed by atoms with E-state index in [1.807, 2.05) is 18.3 Å². The quantitative estimate of drug-likeness (QED) is 0.644. The van der Waals surface area contributed by atoms with Gasteiger partial charge in [0.25, 0.3) is 0 Å². The number of H-pyrrole nitrogens is 1. The van der Waals surface area contributed by atoms with Gasteiger partial charge in [0.1, 0.15) is 0 Å². The van der Waals surface area contributed by atoms with Gasteiger partial charge in [-0.1, -0.05) is 25.1 Å². The summed E-state index contributed by atoms with van der Waals surface area (Å²) in [5.74, 6) is 0. The highest BCUT2D eigenvalue weighted by atomic mass is 32.1. The number of aromatic nitrogens is 2. The van der Waals surface area contributed by atoms with Crippen LogP contribution in [0, 0.1) is 13.8 Å². The Morgan fingerprint density at radius 3 is 2.48 bits per heavy atom. The van der Waals surface area contributed by atoms with Crippen LogP contribution in [0.3, 0.4) is 0 Å². The van der Waals surface area contributed by atoms with Crippen molar-refractivity contribution in [1.29, 1.82) is 0 Å². The van der Waals surface area contributed by atoms with Crippen LogP contribution in [-0.4, -0.2) is 15.1 Å². The van der Waals surface area contributed by atoms with Crippen molar-refractivity contribution in [3.63, 3.8) is 0 Å². The lowest BCUT2D eigenvalue weighted by molar-refractivity contribution is 0.566.